The van der Waals surface area contributed by atoms with Crippen LogP contribution in [0.5, 0.6) is 0 Å². The molecule has 2 atom stereocenters. The van der Waals surface area contributed by atoms with E-state index in [9.17, 15) is 4.79 Å². The molecular formula is C17H26N2OS. The third-order valence-electron chi connectivity index (χ3n) is 3.92. The Bertz CT molecular complexity index is 466. The van der Waals surface area contributed by atoms with Crippen molar-refractivity contribution in [3.8, 4) is 0 Å². The summed E-state index contributed by atoms with van der Waals surface area (Å²) in [5.41, 5.74) is 1.25. The van der Waals surface area contributed by atoms with Crippen LogP contribution in [0.4, 0.5) is 0 Å². The van der Waals surface area contributed by atoms with Crippen molar-refractivity contribution < 1.29 is 4.79 Å². The molecule has 0 radical (unpaired) electrons. The van der Waals surface area contributed by atoms with Crippen molar-refractivity contribution in [2.75, 3.05) is 13.1 Å². The van der Waals surface area contributed by atoms with Crippen LogP contribution in [-0.2, 0) is 4.79 Å². The molecule has 2 unspecified atom stereocenters. The van der Waals surface area contributed by atoms with Crippen molar-refractivity contribution in [2.24, 2.45) is 0 Å². The van der Waals surface area contributed by atoms with Gasteiger partial charge in [-0.25, -0.2) is 0 Å². The quantitative estimate of drug-likeness (QED) is 0.849. The van der Waals surface area contributed by atoms with Gasteiger partial charge in [-0.3, -0.25) is 4.79 Å². The second kappa shape index (κ2) is 7.32. The summed E-state index contributed by atoms with van der Waals surface area (Å²) in [4.78, 5) is 16.1. The zero-order chi connectivity index (χ0) is 15.4. The summed E-state index contributed by atoms with van der Waals surface area (Å²) >= 11 is 1.65. The van der Waals surface area contributed by atoms with Crippen LogP contribution in [0.3, 0.4) is 0 Å². The van der Waals surface area contributed by atoms with Crippen molar-refractivity contribution in [3.63, 3.8) is 0 Å². The van der Waals surface area contributed by atoms with Gasteiger partial charge in [-0.05, 0) is 52.8 Å². The minimum atomic E-state index is -0.0456. The van der Waals surface area contributed by atoms with E-state index >= 15 is 0 Å². The van der Waals surface area contributed by atoms with Crippen LogP contribution < -0.4 is 5.32 Å². The average molecular weight is 306 g/mol. The van der Waals surface area contributed by atoms with Crippen molar-refractivity contribution in [3.05, 3.63) is 29.8 Å². The van der Waals surface area contributed by atoms with Gasteiger partial charge >= 0.3 is 0 Å². The fourth-order valence-electron chi connectivity index (χ4n) is 2.81. The fraction of sp³-hybridized carbons (Fsp3) is 0.588. The summed E-state index contributed by atoms with van der Waals surface area (Å²) in [6.45, 7) is 10.3. The topological polar surface area (TPSA) is 32.3 Å². The van der Waals surface area contributed by atoms with Gasteiger partial charge in [0.15, 0.2) is 0 Å². The fourth-order valence-corrected chi connectivity index (χ4v) is 3.74. The zero-order valence-electron chi connectivity index (χ0n) is 13.4. The Hall–Kier alpha value is -1.00. The molecule has 0 aromatic heterocycles. The maximum atomic E-state index is 12.8. The molecule has 0 aliphatic carbocycles. The first kappa shape index (κ1) is 16.4. The predicted octanol–water partition coefficient (Wildman–Crippen LogP) is 3.07. The summed E-state index contributed by atoms with van der Waals surface area (Å²) < 4.78 is 0. The van der Waals surface area contributed by atoms with E-state index in [1.54, 1.807) is 11.8 Å². The van der Waals surface area contributed by atoms with Crippen molar-refractivity contribution in [2.45, 2.75) is 56.3 Å². The normalized spacial score (nSPS) is 19.8. The Morgan fingerprint density at radius 2 is 1.95 bits per heavy atom. The van der Waals surface area contributed by atoms with Gasteiger partial charge in [-0.1, -0.05) is 17.7 Å². The number of rotatable bonds is 5. The highest BCUT2D eigenvalue weighted by Gasteiger charge is 2.31. The summed E-state index contributed by atoms with van der Waals surface area (Å²) in [5.74, 6) is 0.254. The Morgan fingerprint density at radius 1 is 1.29 bits per heavy atom. The van der Waals surface area contributed by atoms with E-state index in [1.165, 1.54) is 5.56 Å². The molecule has 1 amide bonds. The van der Waals surface area contributed by atoms with Gasteiger partial charge in [0.1, 0.15) is 0 Å². The van der Waals surface area contributed by atoms with Crippen LogP contribution in [0.1, 0.15) is 32.8 Å². The number of benzene rings is 1. The average Bonchev–Trinajstić information content (AvgIpc) is 2.94. The van der Waals surface area contributed by atoms with Gasteiger partial charge in [0.2, 0.25) is 5.91 Å². The molecule has 1 heterocycles. The van der Waals surface area contributed by atoms with Gasteiger partial charge in [0.05, 0.1) is 5.25 Å². The van der Waals surface area contributed by atoms with Crippen molar-refractivity contribution in [1.29, 1.82) is 0 Å². The third-order valence-corrected chi connectivity index (χ3v) is 5.02. The molecule has 116 valence electrons. The molecule has 0 saturated carbocycles. The monoisotopic (exact) mass is 306 g/mol. The molecule has 1 aromatic carbocycles. The number of carbonyl (C=O) groups is 1. The number of amides is 1. The van der Waals surface area contributed by atoms with Gasteiger partial charge in [-0.15, -0.1) is 11.8 Å². The maximum Gasteiger partial charge on any atom is 0.236 e. The third kappa shape index (κ3) is 4.24. The molecule has 1 aliphatic rings. The minimum absolute atomic E-state index is 0.0456. The molecule has 4 heteroatoms. The number of hydrogen-bond acceptors (Lipinski definition) is 3. The highest BCUT2D eigenvalue weighted by molar-refractivity contribution is 8.00. The predicted molar refractivity (Wildman–Crippen MR) is 89.8 cm³/mol. The van der Waals surface area contributed by atoms with E-state index in [0.717, 1.165) is 24.4 Å². The van der Waals surface area contributed by atoms with Gasteiger partial charge < -0.3 is 10.2 Å². The maximum absolute atomic E-state index is 12.8. The first-order chi connectivity index (χ1) is 9.99. The molecule has 1 fully saturated rings. The van der Waals surface area contributed by atoms with E-state index in [1.807, 2.05) is 6.92 Å². The molecule has 1 aliphatic heterocycles. The highest BCUT2D eigenvalue weighted by Crippen LogP contribution is 2.26. The summed E-state index contributed by atoms with van der Waals surface area (Å²) in [6, 6.07) is 8.99. The number of carbonyl (C=O) groups excluding carboxylic acids is 1. The van der Waals surface area contributed by atoms with Crippen molar-refractivity contribution >= 4 is 17.7 Å². The summed E-state index contributed by atoms with van der Waals surface area (Å²) in [6.07, 6.45) is 1.06. The molecule has 1 N–H and O–H groups in total. The van der Waals surface area contributed by atoms with E-state index in [0.29, 0.717) is 6.04 Å². The summed E-state index contributed by atoms with van der Waals surface area (Å²) in [7, 11) is 0. The van der Waals surface area contributed by atoms with Crippen LogP contribution >= 0.6 is 11.8 Å². The molecule has 0 spiro atoms. The Balaban J connectivity index is 2.03. The number of aryl methyl sites for hydroxylation is 1. The highest BCUT2D eigenvalue weighted by atomic mass is 32.2. The largest absolute Gasteiger partial charge is 0.335 e. The van der Waals surface area contributed by atoms with Crippen LogP contribution in [-0.4, -0.2) is 41.2 Å². The lowest BCUT2D eigenvalue weighted by Gasteiger charge is -2.34. The lowest BCUT2D eigenvalue weighted by molar-refractivity contribution is -0.134. The molecule has 1 aromatic rings. The Labute approximate surface area is 132 Å². The smallest absolute Gasteiger partial charge is 0.236 e. The van der Waals surface area contributed by atoms with Crippen molar-refractivity contribution in [1.82, 2.24) is 10.2 Å². The lowest BCUT2D eigenvalue weighted by atomic mass is 10.1. The standard InChI is InChI=1S/C17H26N2OS/c1-12(2)19(15-9-10-18-11-15)17(20)14(4)21-16-7-5-13(3)6-8-16/h5-8,12,14-15,18H,9-11H2,1-4H3. The second-order valence-corrected chi connectivity index (χ2v) is 7.47. The molecular weight excluding hydrogens is 280 g/mol. The first-order valence-electron chi connectivity index (χ1n) is 7.75. The van der Waals surface area contributed by atoms with Gasteiger partial charge in [0.25, 0.3) is 0 Å². The van der Waals surface area contributed by atoms with E-state index in [2.05, 4.69) is 55.3 Å². The lowest BCUT2D eigenvalue weighted by Crippen LogP contribution is -2.48. The Kier molecular flexibility index (Phi) is 5.71. The van der Waals surface area contributed by atoms with E-state index < -0.39 is 0 Å². The second-order valence-electron chi connectivity index (χ2n) is 6.06. The van der Waals surface area contributed by atoms with Gasteiger partial charge in [-0.2, -0.15) is 0 Å². The molecule has 1 saturated heterocycles. The number of hydrogen-bond donors (Lipinski definition) is 1. The van der Waals surface area contributed by atoms with E-state index in [-0.39, 0.29) is 17.2 Å². The number of thioether (sulfide) groups is 1. The number of nitrogens with one attached hydrogen (secondary N) is 1. The first-order valence-corrected chi connectivity index (χ1v) is 8.63. The zero-order valence-corrected chi connectivity index (χ0v) is 14.2. The summed E-state index contributed by atoms with van der Waals surface area (Å²) in [5, 5.41) is 3.31. The SMILES string of the molecule is Cc1ccc(SC(C)C(=O)N(C(C)C)C2CCNC2)cc1. The minimum Gasteiger partial charge on any atom is -0.335 e. The molecule has 2 rings (SSSR count). The van der Waals surface area contributed by atoms with Crippen LogP contribution in [0, 0.1) is 6.92 Å². The molecule has 0 bridgehead atoms. The van der Waals surface area contributed by atoms with Crippen LogP contribution in [0.25, 0.3) is 0 Å². The van der Waals surface area contributed by atoms with E-state index in [4.69, 9.17) is 0 Å². The Morgan fingerprint density at radius 3 is 2.48 bits per heavy atom. The van der Waals surface area contributed by atoms with Crippen LogP contribution in [0.15, 0.2) is 29.2 Å². The molecule has 21 heavy (non-hydrogen) atoms. The number of nitrogens with zero attached hydrogens (tertiary/aromatic N) is 1. The molecule has 3 nitrogen and oxygen atoms in total. The van der Waals surface area contributed by atoms with Crippen LogP contribution in [0.2, 0.25) is 0 Å². The van der Waals surface area contributed by atoms with Gasteiger partial charge in [0, 0.05) is 23.5 Å².